The van der Waals surface area contributed by atoms with E-state index in [1.54, 1.807) is 12.1 Å². The summed E-state index contributed by atoms with van der Waals surface area (Å²) in [5.41, 5.74) is 1.42. The topological polar surface area (TPSA) is 54.0 Å². The number of hydrogen-bond acceptors (Lipinski definition) is 3. The molecule has 0 fully saturated rings. The molecule has 4 nitrogen and oxygen atoms in total. The predicted octanol–water partition coefficient (Wildman–Crippen LogP) is 4.43. The Morgan fingerprint density at radius 3 is 2.62 bits per heavy atom. The fourth-order valence-electron chi connectivity index (χ4n) is 2.36. The summed E-state index contributed by atoms with van der Waals surface area (Å²) in [4.78, 5) is 16.9. The second-order valence-electron chi connectivity index (χ2n) is 5.20. The van der Waals surface area contributed by atoms with Gasteiger partial charge in [-0.3, -0.25) is 10.1 Å². The summed E-state index contributed by atoms with van der Waals surface area (Å²) in [6.07, 6.45) is 0. The lowest BCUT2D eigenvalue weighted by Gasteiger charge is -2.11. The highest BCUT2D eigenvalue weighted by atomic mass is 79.9. The average molecular weight is 400 g/mol. The molecule has 2 N–H and O–H groups in total. The van der Waals surface area contributed by atoms with Crippen molar-refractivity contribution in [3.05, 3.63) is 70.3 Å². The van der Waals surface area contributed by atoms with Gasteiger partial charge in [0.05, 0.1) is 5.69 Å². The Hall–Kier alpha value is -2.31. The zero-order valence-electron chi connectivity index (χ0n) is 12.8. The summed E-state index contributed by atoms with van der Waals surface area (Å²) in [6.45, 7) is 1.88. The van der Waals surface area contributed by atoms with Crippen LogP contribution in [0.15, 0.2) is 59.1 Å². The minimum absolute atomic E-state index is 0.210. The lowest BCUT2D eigenvalue weighted by molar-refractivity contribution is 0.0979. The van der Waals surface area contributed by atoms with E-state index >= 15 is 0 Å². The second-order valence-corrected chi connectivity index (χ2v) is 6.46. The van der Waals surface area contributed by atoms with Crippen LogP contribution in [0.2, 0.25) is 0 Å². The van der Waals surface area contributed by atoms with E-state index in [2.05, 4.69) is 31.5 Å². The maximum absolute atomic E-state index is 12.5. The van der Waals surface area contributed by atoms with E-state index in [0.29, 0.717) is 11.4 Å². The van der Waals surface area contributed by atoms with E-state index in [1.165, 1.54) is 0 Å². The third-order valence-electron chi connectivity index (χ3n) is 3.52. The van der Waals surface area contributed by atoms with Crippen molar-refractivity contribution in [3.8, 4) is 0 Å². The molecule has 0 aliphatic heterocycles. The smallest absolute Gasteiger partial charge is 0.258 e. The third-order valence-corrected chi connectivity index (χ3v) is 4.57. The van der Waals surface area contributed by atoms with E-state index in [0.717, 1.165) is 20.9 Å². The van der Waals surface area contributed by atoms with Crippen LogP contribution in [-0.2, 0) is 0 Å². The fourth-order valence-corrected chi connectivity index (χ4v) is 2.77. The second kappa shape index (κ2) is 7.07. The van der Waals surface area contributed by atoms with E-state index < -0.39 is 0 Å². The number of nitrogens with zero attached hydrogens (tertiary/aromatic N) is 1. The van der Waals surface area contributed by atoms with Gasteiger partial charge in [0.25, 0.3) is 5.91 Å². The van der Waals surface area contributed by atoms with Crippen LogP contribution in [0.5, 0.6) is 0 Å². The summed E-state index contributed by atoms with van der Waals surface area (Å²) in [5.74, 6) is 0.331. The number of halogens is 1. The fraction of sp³-hybridized carbons (Fsp3) is 0.0556. The number of benzene rings is 2. The van der Waals surface area contributed by atoms with Crippen LogP contribution in [0, 0.1) is 6.92 Å². The zero-order chi connectivity index (χ0) is 17.1. The Morgan fingerprint density at radius 2 is 1.83 bits per heavy atom. The number of carbonyl (C=O) groups is 1. The lowest BCUT2D eigenvalue weighted by atomic mass is 10.0. The van der Waals surface area contributed by atoms with Crippen molar-refractivity contribution in [1.29, 1.82) is 0 Å². The van der Waals surface area contributed by atoms with Crippen molar-refractivity contribution >= 4 is 55.8 Å². The van der Waals surface area contributed by atoms with Crippen LogP contribution in [0.4, 0.5) is 5.82 Å². The molecule has 0 unspecified atom stereocenters. The number of carbonyl (C=O) groups excluding carboxylic acids is 1. The molecule has 3 rings (SSSR count). The number of fused-ring (bicyclic) bond motifs is 1. The number of nitrogens with one attached hydrogen (secondary N) is 2. The molecule has 0 spiro atoms. The minimum atomic E-state index is -0.252. The van der Waals surface area contributed by atoms with Gasteiger partial charge < -0.3 is 5.32 Å². The van der Waals surface area contributed by atoms with Crippen LogP contribution in [-0.4, -0.2) is 16.0 Å². The van der Waals surface area contributed by atoms with Gasteiger partial charge in [0.15, 0.2) is 5.11 Å². The van der Waals surface area contributed by atoms with Crippen molar-refractivity contribution in [2.24, 2.45) is 0 Å². The van der Waals surface area contributed by atoms with Crippen molar-refractivity contribution in [1.82, 2.24) is 10.3 Å². The molecule has 6 heteroatoms. The standard InChI is InChI=1S/C18H14BrN3OS/c1-11-15(19)9-10-16(20-11)21-18(24)22-17(23)14-8-4-6-12-5-2-3-7-13(12)14/h2-10H,1H3,(H2,20,21,22,23,24). The van der Waals surface area contributed by atoms with Gasteiger partial charge in [-0.2, -0.15) is 0 Å². The van der Waals surface area contributed by atoms with Crippen LogP contribution in [0.3, 0.4) is 0 Å². The first-order valence-corrected chi connectivity index (χ1v) is 8.48. The first-order chi connectivity index (χ1) is 11.5. The lowest BCUT2D eigenvalue weighted by Crippen LogP contribution is -2.34. The van der Waals surface area contributed by atoms with Gasteiger partial charge in [-0.15, -0.1) is 0 Å². The molecule has 0 atom stereocenters. The molecule has 2 aromatic carbocycles. The maximum atomic E-state index is 12.5. The average Bonchev–Trinajstić information content (AvgIpc) is 2.57. The predicted molar refractivity (Wildman–Crippen MR) is 104 cm³/mol. The van der Waals surface area contributed by atoms with Crippen molar-refractivity contribution < 1.29 is 4.79 Å². The largest absolute Gasteiger partial charge is 0.317 e. The minimum Gasteiger partial charge on any atom is -0.317 e. The number of rotatable bonds is 2. The Balaban J connectivity index is 1.76. The normalized spacial score (nSPS) is 10.4. The van der Waals surface area contributed by atoms with Crippen LogP contribution >= 0.6 is 28.1 Å². The van der Waals surface area contributed by atoms with Gasteiger partial charge in [-0.1, -0.05) is 36.4 Å². The molecule has 1 amide bonds. The number of hydrogen-bond donors (Lipinski definition) is 2. The van der Waals surface area contributed by atoms with Crippen molar-refractivity contribution in [3.63, 3.8) is 0 Å². The van der Waals surface area contributed by atoms with E-state index in [9.17, 15) is 4.79 Å². The number of aryl methyl sites for hydroxylation is 1. The van der Waals surface area contributed by atoms with Gasteiger partial charge in [0, 0.05) is 10.0 Å². The van der Waals surface area contributed by atoms with Gasteiger partial charge >= 0.3 is 0 Å². The monoisotopic (exact) mass is 399 g/mol. The van der Waals surface area contributed by atoms with Crippen molar-refractivity contribution in [2.45, 2.75) is 6.92 Å². The molecular weight excluding hydrogens is 386 g/mol. The van der Waals surface area contributed by atoms with Gasteiger partial charge in [-0.05, 0) is 64.0 Å². The summed E-state index contributed by atoms with van der Waals surface area (Å²) >= 11 is 8.61. The molecule has 1 heterocycles. The summed E-state index contributed by atoms with van der Waals surface area (Å²) < 4.78 is 0.916. The number of anilines is 1. The molecular formula is C18H14BrN3OS. The molecule has 0 aliphatic rings. The van der Waals surface area contributed by atoms with Gasteiger partial charge in [-0.25, -0.2) is 4.98 Å². The Labute approximate surface area is 153 Å². The van der Waals surface area contributed by atoms with Gasteiger partial charge in [0.2, 0.25) is 0 Å². The Kier molecular flexibility index (Phi) is 4.87. The highest BCUT2D eigenvalue weighted by Crippen LogP contribution is 2.19. The van der Waals surface area contributed by atoms with Crippen LogP contribution in [0.1, 0.15) is 16.1 Å². The van der Waals surface area contributed by atoms with E-state index in [4.69, 9.17) is 12.2 Å². The number of pyridine rings is 1. The van der Waals surface area contributed by atoms with E-state index in [-0.39, 0.29) is 11.0 Å². The molecule has 24 heavy (non-hydrogen) atoms. The summed E-state index contributed by atoms with van der Waals surface area (Å²) in [5, 5.41) is 7.73. The first-order valence-electron chi connectivity index (χ1n) is 7.28. The number of aromatic nitrogens is 1. The van der Waals surface area contributed by atoms with Crippen LogP contribution in [0.25, 0.3) is 10.8 Å². The number of amides is 1. The highest BCUT2D eigenvalue weighted by molar-refractivity contribution is 9.10. The molecule has 3 aromatic rings. The quantitative estimate of drug-likeness (QED) is 0.625. The van der Waals surface area contributed by atoms with Crippen molar-refractivity contribution in [2.75, 3.05) is 5.32 Å². The Morgan fingerprint density at radius 1 is 1.08 bits per heavy atom. The molecule has 120 valence electrons. The number of thiocarbonyl (C=S) groups is 1. The summed E-state index contributed by atoms with van der Waals surface area (Å²) in [7, 11) is 0. The van der Waals surface area contributed by atoms with E-state index in [1.807, 2.05) is 49.4 Å². The summed E-state index contributed by atoms with van der Waals surface area (Å²) in [6, 6.07) is 17.0. The van der Waals surface area contributed by atoms with Gasteiger partial charge in [0.1, 0.15) is 5.82 Å². The first kappa shape index (κ1) is 16.5. The molecule has 1 aromatic heterocycles. The SMILES string of the molecule is Cc1nc(NC(=S)NC(=O)c2cccc3ccccc23)ccc1Br. The zero-order valence-corrected chi connectivity index (χ0v) is 15.2. The van der Waals surface area contributed by atoms with Crippen LogP contribution < -0.4 is 10.6 Å². The molecule has 0 aliphatic carbocycles. The molecule has 0 bridgehead atoms. The Bertz CT molecular complexity index is 937. The molecule has 0 saturated carbocycles. The molecule has 0 radical (unpaired) electrons. The highest BCUT2D eigenvalue weighted by Gasteiger charge is 2.11. The maximum Gasteiger partial charge on any atom is 0.258 e. The third kappa shape index (κ3) is 3.60. The molecule has 0 saturated heterocycles.